The molecule has 0 aromatic heterocycles. The Morgan fingerprint density at radius 1 is 1.09 bits per heavy atom. The number of alkyl halides is 1. The lowest BCUT2D eigenvalue weighted by molar-refractivity contribution is -0.148. The van der Waals surface area contributed by atoms with E-state index in [9.17, 15) is 4.79 Å². The van der Waals surface area contributed by atoms with Gasteiger partial charge in [0.15, 0.2) is 0 Å². The molecule has 2 nitrogen and oxygen atoms in total. The molecule has 0 aromatic rings. The second-order valence-corrected chi connectivity index (χ2v) is 13.0. The summed E-state index contributed by atoms with van der Waals surface area (Å²) >= 11 is 5.68. The average Bonchev–Trinajstić information content (AvgIpc) is 3.11. The van der Waals surface area contributed by atoms with Crippen LogP contribution in [0, 0.1) is 46.3 Å². The van der Waals surface area contributed by atoms with Crippen molar-refractivity contribution in [2.45, 2.75) is 111 Å². The molecule has 4 aliphatic rings. The molecule has 0 radical (unpaired) electrons. The molecule has 0 bridgehead atoms. The Morgan fingerprint density at radius 3 is 2.59 bits per heavy atom. The molecule has 0 N–H and O–H groups in total. The lowest BCUT2D eigenvalue weighted by Gasteiger charge is -2.58. The summed E-state index contributed by atoms with van der Waals surface area (Å²) in [5, 5.41) is 0. The summed E-state index contributed by atoms with van der Waals surface area (Å²) in [7, 11) is 0. The fourth-order valence-electron chi connectivity index (χ4n) is 8.97. The van der Waals surface area contributed by atoms with Crippen LogP contribution in [-0.2, 0) is 9.53 Å². The van der Waals surface area contributed by atoms with E-state index in [1.165, 1.54) is 57.8 Å². The Balaban J connectivity index is 1.45. The summed E-state index contributed by atoms with van der Waals surface area (Å²) in [6.45, 7) is 12.5. The van der Waals surface area contributed by atoms with Gasteiger partial charge in [-0.15, -0.1) is 11.6 Å². The van der Waals surface area contributed by atoms with Crippen molar-refractivity contribution in [3.63, 3.8) is 0 Å². The first kappa shape index (κ1) is 24.6. The highest BCUT2D eigenvalue weighted by molar-refractivity contribution is 6.26. The van der Waals surface area contributed by atoms with Crippen molar-refractivity contribution >= 4 is 17.6 Å². The van der Waals surface area contributed by atoms with Gasteiger partial charge in [-0.1, -0.05) is 65.5 Å². The number of hydrogen-bond acceptors (Lipinski definition) is 2. The van der Waals surface area contributed by atoms with Crippen LogP contribution in [0.5, 0.6) is 0 Å². The van der Waals surface area contributed by atoms with Crippen molar-refractivity contribution in [3.8, 4) is 0 Å². The molecule has 182 valence electrons. The number of hydrogen-bond donors (Lipinski definition) is 0. The second-order valence-electron chi connectivity index (χ2n) is 12.8. The summed E-state index contributed by atoms with van der Waals surface area (Å²) in [6, 6.07) is 0. The van der Waals surface area contributed by atoms with Crippen LogP contribution < -0.4 is 0 Å². The molecule has 32 heavy (non-hydrogen) atoms. The number of carbonyl (C=O) groups excluding carboxylic acids is 1. The van der Waals surface area contributed by atoms with Gasteiger partial charge in [-0.05, 0) is 91.3 Å². The first-order valence-corrected chi connectivity index (χ1v) is 14.2. The normalized spacial score (nSPS) is 42.0. The van der Waals surface area contributed by atoms with E-state index in [2.05, 4.69) is 40.7 Å². The van der Waals surface area contributed by atoms with Gasteiger partial charge in [0.2, 0.25) is 0 Å². The van der Waals surface area contributed by atoms with Crippen LogP contribution in [0.25, 0.3) is 0 Å². The molecule has 0 aromatic carbocycles. The monoisotopic (exact) mass is 462 g/mol. The minimum Gasteiger partial charge on any atom is -0.461 e. The topological polar surface area (TPSA) is 26.3 Å². The Bertz CT molecular complexity index is 714. The number of ether oxygens (including phenoxy) is 1. The van der Waals surface area contributed by atoms with Gasteiger partial charge in [-0.25, -0.2) is 0 Å². The van der Waals surface area contributed by atoms with Crippen LogP contribution >= 0.6 is 11.6 Å². The van der Waals surface area contributed by atoms with E-state index >= 15 is 0 Å². The molecule has 0 aliphatic heterocycles. The van der Waals surface area contributed by atoms with Crippen molar-refractivity contribution in [2.24, 2.45) is 46.3 Å². The highest BCUT2D eigenvalue weighted by Gasteiger charge is 2.59. The van der Waals surface area contributed by atoms with E-state index in [1.54, 1.807) is 5.57 Å². The van der Waals surface area contributed by atoms with Crippen LogP contribution in [-0.4, -0.2) is 18.0 Å². The summed E-state index contributed by atoms with van der Waals surface area (Å²) in [5.41, 5.74) is 2.44. The zero-order valence-electron chi connectivity index (χ0n) is 21.3. The van der Waals surface area contributed by atoms with Crippen molar-refractivity contribution in [3.05, 3.63) is 11.6 Å². The highest BCUT2D eigenvalue weighted by Crippen LogP contribution is 2.67. The Morgan fingerprint density at radius 2 is 1.88 bits per heavy atom. The Labute approximate surface area is 202 Å². The number of fused-ring (bicyclic) bond motifs is 5. The van der Waals surface area contributed by atoms with Crippen LogP contribution in [0.3, 0.4) is 0 Å². The fraction of sp³-hybridized carbons (Fsp3) is 0.897. The minimum atomic E-state index is -0.262. The lowest BCUT2D eigenvalue weighted by atomic mass is 9.47. The molecule has 4 aliphatic carbocycles. The van der Waals surface area contributed by atoms with E-state index < -0.39 is 0 Å². The third-order valence-corrected chi connectivity index (χ3v) is 10.9. The molecule has 0 heterocycles. The minimum absolute atomic E-state index is 0.0329. The summed E-state index contributed by atoms with van der Waals surface area (Å²) in [6.07, 6.45) is 16.9. The fourth-order valence-corrected chi connectivity index (χ4v) is 9.03. The smallest absolute Gasteiger partial charge is 0.321 e. The summed E-state index contributed by atoms with van der Waals surface area (Å²) in [4.78, 5) is 11.7. The van der Waals surface area contributed by atoms with Crippen LogP contribution in [0.2, 0.25) is 0 Å². The van der Waals surface area contributed by atoms with Gasteiger partial charge in [0, 0.05) is 6.42 Å². The maximum atomic E-state index is 11.7. The van der Waals surface area contributed by atoms with Gasteiger partial charge in [0.05, 0.1) is 0 Å². The van der Waals surface area contributed by atoms with Gasteiger partial charge >= 0.3 is 5.97 Å². The van der Waals surface area contributed by atoms with Crippen molar-refractivity contribution < 1.29 is 9.53 Å². The molecule has 0 amide bonds. The van der Waals surface area contributed by atoms with E-state index in [0.717, 1.165) is 48.3 Å². The van der Waals surface area contributed by atoms with Crippen LogP contribution in [0.4, 0.5) is 0 Å². The molecule has 4 rings (SSSR count). The number of halogens is 1. The first-order chi connectivity index (χ1) is 15.2. The van der Waals surface area contributed by atoms with Gasteiger partial charge in [0.25, 0.3) is 0 Å². The first-order valence-electron chi connectivity index (χ1n) is 13.6. The van der Waals surface area contributed by atoms with Gasteiger partial charge in [0.1, 0.15) is 12.0 Å². The number of carbonyl (C=O) groups is 1. The van der Waals surface area contributed by atoms with Gasteiger partial charge < -0.3 is 4.74 Å². The number of esters is 1. The maximum absolute atomic E-state index is 11.7. The largest absolute Gasteiger partial charge is 0.461 e. The Kier molecular flexibility index (Phi) is 7.41. The quantitative estimate of drug-likeness (QED) is 0.216. The zero-order valence-corrected chi connectivity index (χ0v) is 22.1. The van der Waals surface area contributed by atoms with Gasteiger partial charge in [-0.3, -0.25) is 4.79 Å². The average molecular weight is 463 g/mol. The third kappa shape index (κ3) is 4.44. The maximum Gasteiger partial charge on any atom is 0.321 e. The molecule has 3 fully saturated rings. The Hall–Kier alpha value is -0.500. The molecule has 0 saturated heterocycles. The van der Waals surface area contributed by atoms with E-state index in [0.29, 0.717) is 10.8 Å². The van der Waals surface area contributed by atoms with E-state index in [1.807, 2.05) is 0 Å². The van der Waals surface area contributed by atoms with Gasteiger partial charge in [-0.2, -0.15) is 0 Å². The number of rotatable bonds is 7. The van der Waals surface area contributed by atoms with Crippen molar-refractivity contribution in [2.75, 3.05) is 5.88 Å². The molecule has 8 atom stereocenters. The standard InChI is InChI=1S/C29H47ClO2/c1-19(2)7-6-8-20(3)24-11-12-25-23-10-9-21-17-22(32-27(31)18-30)13-15-28(21,4)26(23)14-16-29(24,25)5/h9,19-20,22-26H,6-8,10-18H2,1-5H3/t20?,22?,23?,24?,25?,26?,28-,29+/m0/s1. The summed E-state index contributed by atoms with van der Waals surface area (Å²) < 4.78 is 5.63. The molecular weight excluding hydrogens is 416 g/mol. The zero-order chi connectivity index (χ0) is 23.1. The van der Waals surface area contributed by atoms with Crippen molar-refractivity contribution in [1.29, 1.82) is 0 Å². The highest BCUT2D eigenvalue weighted by atomic mass is 35.5. The van der Waals surface area contributed by atoms with Crippen LogP contribution in [0.1, 0.15) is 105 Å². The second kappa shape index (κ2) is 9.63. The molecule has 0 spiro atoms. The molecular formula is C29H47ClO2. The SMILES string of the molecule is CC(C)CCCC(C)C1CCC2C3CC=C4CC(OC(=O)CCl)CC[C@]4(C)C3CC[C@]12C. The number of allylic oxidation sites excluding steroid dienone is 1. The third-order valence-electron chi connectivity index (χ3n) is 10.7. The van der Waals surface area contributed by atoms with Crippen LogP contribution in [0.15, 0.2) is 11.6 Å². The van der Waals surface area contributed by atoms with E-state index in [-0.39, 0.29) is 18.0 Å². The van der Waals surface area contributed by atoms with E-state index in [4.69, 9.17) is 16.3 Å². The predicted molar refractivity (Wildman–Crippen MR) is 134 cm³/mol. The lowest BCUT2D eigenvalue weighted by Crippen LogP contribution is -2.51. The molecule has 3 heteroatoms. The summed E-state index contributed by atoms with van der Waals surface area (Å²) in [5.74, 6) is 4.92. The molecule has 3 saturated carbocycles. The predicted octanol–water partition coefficient (Wildman–Crippen LogP) is 8.18. The van der Waals surface area contributed by atoms with Crippen molar-refractivity contribution in [1.82, 2.24) is 0 Å². The molecule has 6 unspecified atom stereocenters.